The molecule has 0 saturated heterocycles. The maximum absolute atomic E-state index is 9.72. The van der Waals surface area contributed by atoms with E-state index in [1.165, 1.54) is 6.42 Å². The molecule has 0 fully saturated rings. The minimum Gasteiger partial charge on any atom is -0.432 e. The third kappa shape index (κ3) is 6.43. The molecule has 0 aromatic carbocycles. The number of hydrogen-bond donors (Lipinski definition) is 1. The van der Waals surface area contributed by atoms with Gasteiger partial charge < -0.3 is 9.22 Å². The molecule has 0 spiro atoms. The Morgan fingerprint density at radius 3 is 2.31 bits per heavy atom. The van der Waals surface area contributed by atoms with E-state index in [1.807, 2.05) is 20.2 Å². The van der Waals surface area contributed by atoms with Crippen LogP contribution < -0.4 is 0 Å². The van der Waals surface area contributed by atoms with Gasteiger partial charge >= 0.3 is 0 Å². The minimum atomic E-state index is -1.84. The van der Waals surface area contributed by atoms with Gasteiger partial charge in [-0.05, 0) is 30.7 Å². The van der Waals surface area contributed by atoms with Gasteiger partial charge in [0, 0.05) is 7.11 Å². The molecule has 0 saturated carbocycles. The fraction of sp³-hybridized carbons (Fsp3) is 1.00. The van der Waals surface area contributed by atoms with Crippen LogP contribution in [0.4, 0.5) is 0 Å². The van der Waals surface area contributed by atoms with E-state index >= 15 is 0 Å². The molecule has 0 amide bonds. The lowest BCUT2D eigenvalue weighted by molar-refractivity contribution is 0.405. The van der Waals surface area contributed by atoms with E-state index in [0.717, 1.165) is 17.6 Å². The highest BCUT2D eigenvalue weighted by Gasteiger charge is 2.23. The summed E-state index contributed by atoms with van der Waals surface area (Å²) in [5.41, 5.74) is 0.737. The van der Waals surface area contributed by atoms with E-state index < -0.39 is 17.4 Å². The summed E-state index contributed by atoms with van der Waals surface area (Å²) in [6.07, 6.45) is 1.21. The summed E-state index contributed by atoms with van der Waals surface area (Å²) >= 11 is 0. The van der Waals surface area contributed by atoms with Gasteiger partial charge in [-0.2, -0.15) is 0 Å². The summed E-state index contributed by atoms with van der Waals surface area (Å²) in [7, 11) is -1.04. The van der Waals surface area contributed by atoms with Crippen LogP contribution in [-0.4, -0.2) is 29.3 Å². The summed E-state index contributed by atoms with van der Waals surface area (Å²) in [5, 5.41) is 0. The Kier molecular flexibility index (Phi) is 6.12. The van der Waals surface area contributed by atoms with Crippen molar-refractivity contribution in [2.75, 3.05) is 7.11 Å². The Morgan fingerprint density at radius 2 is 2.00 bits per heavy atom. The fourth-order valence-electron chi connectivity index (χ4n) is 1.39. The predicted octanol–water partition coefficient (Wildman–Crippen LogP) is 2.35. The lowest BCUT2D eigenvalue weighted by atomic mass is 10.4. The lowest BCUT2D eigenvalue weighted by Gasteiger charge is -2.22. The third-order valence-electron chi connectivity index (χ3n) is 2.62. The Morgan fingerprint density at radius 1 is 1.46 bits per heavy atom. The minimum absolute atomic E-state index is 0.737. The second-order valence-corrected chi connectivity index (χ2v) is 11.9. The van der Waals surface area contributed by atoms with Crippen LogP contribution >= 0.6 is 0 Å². The second-order valence-electron chi connectivity index (χ2n) is 4.51. The summed E-state index contributed by atoms with van der Waals surface area (Å²) in [5.74, 6) is 0. The first-order valence-corrected chi connectivity index (χ1v) is 10.3. The van der Waals surface area contributed by atoms with Crippen molar-refractivity contribution in [3.63, 3.8) is 0 Å². The maximum Gasteiger partial charge on any atom is 0.182 e. The van der Waals surface area contributed by atoms with Crippen LogP contribution in [0.2, 0.25) is 30.7 Å². The van der Waals surface area contributed by atoms with E-state index in [2.05, 4.69) is 13.8 Å². The van der Waals surface area contributed by atoms with Crippen molar-refractivity contribution in [3.05, 3.63) is 0 Å². The Balaban J connectivity index is 3.85. The molecule has 1 N–H and O–H groups in total. The summed E-state index contributed by atoms with van der Waals surface area (Å²) in [6.45, 7) is 8.49. The normalized spacial score (nSPS) is 17.1. The molecule has 0 rings (SSSR count). The van der Waals surface area contributed by atoms with Crippen molar-refractivity contribution in [3.8, 4) is 0 Å². The van der Waals surface area contributed by atoms with Crippen LogP contribution in [-0.2, 0) is 4.43 Å². The zero-order valence-electron chi connectivity index (χ0n) is 9.63. The summed E-state index contributed by atoms with van der Waals surface area (Å²) in [4.78, 5) is 9.72. The Labute approximate surface area is 85.2 Å². The molecule has 0 bridgehead atoms. The summed E-state index contributed by atoms with van der Waals surface area (Å²) < 4.78 is 5.55. The zero-order valence-corrected chi connectivity index (χ0v) is 11.8. The molecular weight excluding hydrogens is 196 g/mol. The van der Waals surface area contributed by atoms with Crippen LogP contribution in [0.3, 0.4) is 0 Å². The third-order valence-corrected chi connectivity index (χ3v) is 7.92. The van der Waals surface area contributed by atoms with Gasteiger partial charge in [-0.15, -0.1) is 0 Å². The lowest BCUT2D eigenvalue weighted by Crippen LogP contribution is -2.29. The van der Waals surface area contributed by atoms with Gasteiger partial charge in [-0.25, -0.2) is 0 Å². The van der Waals surface area contributed by atoms with Gasteiger partial charge in [-0.3, -0.25) is 0 Å². The van der Waals surface area contributed by atoms with Gasteiger partial charge in [0.15, 0.2) is 17.4 Å². The van der Waals surface area contributed by atoms with Crippen molar-refractivity contribution in [2.45, 2.75) is 51.0 Å². The van der Waals surface area contributed by atoms with Crippen LogP contribution in [0, 0.1) is 0 Å². The highest BCUT2D eigenvalue weighted by Crippen LogP contribution is 2.21. The first-order valence-electron chi connectivity index (χ1n) is 5.16. The van der Waals surface area contributed by atoms with Crippen molar-refractivity contribution in [1.82, 2.24) is 0 Å². The first-order chi connectivity index (χ1) is 5.90. The van der Waals surface area contributed by atoms with Gasteiger partial charge in [0.25, 0.3) is 0 Å². The average Bonchev–Trinajstić information content (AvgIpc) is 2.03. The SMILES string of the molecule is CCC(C)[SiH](CC[Si](C)(C)O)OC. The molecular formula is C9H24O2Si2. The zero-order chi connectivity index (χ0) is 10.5. The van der Waals surface area contributed by atoms with E-state index in [-0.39, 0.29) is 0 Å². The number of hydrogen-bond acceptors (Lipinski definition) is 2. The van der Waals surface area contributed by atoms with Crippen molar-refractivity contribution in [1.29, 1.82) is 0 Å². The first kappa shape index (κ1) is 13.4. The molecule has 13 heavy (non-hydrogen) atoms. The van der Waals surface area contributed by atoms with Crippen LogP contribution in [0.5, 0.6) is 0 Å². The highest BCUT2D eigenvalue weighted by atomic mass is 28.4. The molecule has 0 aromatic rings. The van der Waals surface area contributed by atoms with Crippen LogP contribution in [0.25, 0.3) is 0 Å². The number of rotatable bonds is 6. The van der Waals surface area contributed by atoms with E-state index in [4.69, 9.17) is 4.43 Å². The topological polar surface area (TPSA) is 29.5 Å². The molecule has 0 aliphatic carbocycles. The molecule has 80 valence electrons. The Hall–Kier alpha value is 0.354. The fourth-order valence-corrected chi connectivity index (χ4v) is 7.15. The van der Waals surface area contributed by atoms with E-state index in [1.54, 1.807) is 0 Å². The monoisotopic (exact) mass is 220 g/mol. The molecule has 0 heterocycles. The van der Waals surface area contributed by atoms with Gasteiger partial charge in [-0.1, -0.05) is 20.3 Å². The smallest absolute Gasteiger partial charge is 0.182 e. The largest absolute Gasteiger partial charge is 0.432 e. The predicted molar refractivity (Wildman–Crippen MR) is 63.2 cm³/mol. The molecule has 0 radical (unpaired) electrons. The van der Waals surface area contributed by atoms with Gasteiger partial charge in [0.05, 0.1) is 0 Å². The van der Waals surface area contributed by atoms with E-state index in [9.17, 15) is 4.80 Å². The maximum atomic E-state index is 9.72. The molecule has 2 atom stereocenters. The molecule has 2 nitrogen and oxygen atoms in total. The molecule has 0 aromatic heterocycles. The average molecular weight is 220 g/mol. The quantitative estimate of drug-likeness (QED) is 0.696. The van der Waals surface area contributed by atoms with Gasteiger partial charge in [0.2, 0.25) is 0 Å². The van der Waals surface area contributed by atoms with E-state index in [0.29, 0.717) is 0 Å². The molecule has 0 aliphatic heterocycles. The standard InChI is InChI=1S/C9H24O2Si2/c1-6-9(2)12(11-3)7-8-13(4,5)10/h9-10,12H,6-8H2,1-5H3. The molecule has 4 heteroatoms. The molecule has 0 aliphatic rings. The van der Waals surface area contributed by atoms with Crippen molar-refractivity contribution < 1.29 is 9.22 Å². The highest BCUT2D eigenvalue weighted by molar-refractivity contribution is 6.71. The van der Waals surface area contributed by atoms with Gasteiger partial charge in [0.1, 0.15) is 0 Å². The Bertz CT molecular complexity index is 134. The second kappa shape index (κ2) is 5.95. The van der Waals surface area contributed by atoms with Crippen molar-refractivity contribution in [2.24, 2.45) is 0 Å². The van der Waals surface area contributed by atoms with Crippen molar-refractivity contribution >= 4 is 17.4 Å². The summed E-state index contributed by atoms with van der Waals surface area (Å²) in [6, 6.07) is 2.14. The molecule has 2 unspecified atom stereocenters. The van der Waals surface area contributed by atoms with Crippen LogP contribution in [0.15, 0.2) is 0 Å². The van der Waals surface area contributed by atoms with Crippen LogP contribution in [0.1, 0.15) is 20.3 Å².